The minimum atomic E-state index is -3.59. The summed E-state index contributed by atoms with van der Waals surface area (Å²) in [6, 6.07) is 8.51. The number of furan rings is 1. The van der Waals surface area contributed by atoms with Gasteiger partial charge in [0, 0.05) is 12.6 Å². The quantitative estimate of drug-likeness (QED) is 0.915. The molecule has 112 valence electrons. The van der Waals surface area contributed by atoms with E-state index in [0.717, 1.165) is 0 Å². The molecule has 0 aliphatic carbocycles. The number of nitrogens with one attached hydrogen (secondary N) is 1. The maximum Gasteiger partial charge on any atom is 0.286 e. The first-order valence-corrected chi connectivity index (χ1v) is 7.98. The molecule has 1 N–H and O–H groups in total. The summed E-state index contributed by atoms with van der Waals surface area (Å²) in [4.78, 5) is 11.3. The van der Waals surface area contributed by atoms with Crippen LogP contribution in [0.1, 0.15) is 21.9 Å². The van der Waals surface area contributed by atoms with Crippen molar-refractivity contribution >= 4 is 15.7 Å². The molecule has 0 aliphatic rings. The normalized spacial score (nSPS) is 11.3. The average molecular weight is 311 g/mol. The Balaban J connectivity index is 2.13. The Morgan fingerprint density at radius 3 is 2.57 bits per heavy atom. The second-order valence-corrected chi connectivity index (χ2v) is 6.53. The van der Waals surface area contributed by atoms with Crippen molar-refractivity contribution in [3.63, 3.8) is 0 Å². The number of hydrogen-bond acceptors (Lipinski definition) is 4. The Bertz CT molecular complexity index is 752. The fraction of sp³-hybridized carbons (Fsp3) is 0.214. The molecule has 0 atom stereocenters. The lowest BCUT2D eigenvalue weighted by Gasteiger charge is -2.04. The third-order valence-electron chi connectivity index (χ3n) is 2.81. The molecule has 0 spiro atoms. The van der Waals surface area contributed by atoms with Gasteiger partial charge < -0.3 is 9.73 Å². The highest BCUT2D eigenvalue weighted by Gasteiger charge is 2.19. The second-order valence-electron chi connectivity index (χ2n) is 4.47. The van der Waals surface area contributed by atoms with Gasteiger partial charge in [0.1, 0.15) is 17.3 Å². The average Bonchev–Trinajstić information content (AvgIpc) is 2.88. The number of halogens is 1. The smallest absolute Gasteiger partial charge is 0.286 e. The summed E-state index contributed by atoms with van der Waals surface area (Å²) in [5, 5.41) is 2.37. The van der Waals surface area contributed by atoms with Gasteiger partial charge >= 0.3 is 0 Å². The molecule has 0 radical (unpaired) electrons. The van der Waals surface area contributed by atoms with E-state index in [2.05, 4.69) is 5.32 Å². The van der Waals surface area contributed by atoms with Crippen LogP contribution in [0.5, 0.6) is 0 Å². The van der Waals surface area contributed by atoms with Crippen LogP contribution < -0.4 is 5.32 Å². The zero-order valence-corrected chi connectivity index (χ0v) is 12.1. The van der Waals surface area contributed by atoms with Crippen LogP contribution in [0.15, 0.2) is 40.8 Å². The molecule has 21 heavy (non-hydrogen) atoms. The zero-order chi connectivity index (χ0) is 15.5. The first-order valence-electron chi connectivity index (χ1n) is 6.16. The fourth-order valence-electron chi connectivity index (χ4n) is 1.82. The van der Waals surface area contributed by atoms with Crippen LogP contribution in [0.2, 0.25) is 0 Å². The molecule has 0 saturated carbocycles. The van der Waals surface area contributed by atoms with Crippen LogP contribution in [-0.4, -0.2) is 21.4 Å². The molecule has 1 aromatic carbocycles. The number of rotatable bonds is 5. The van der Waals surface area contributed by atoms with Gasteiger partial charge in [-0.2, -0.15) is 0 Å². The number of benzene rings is 1. The first kappa shape index (κ1) is 15.2. The molecule has 0 bridgehead atoms. The third-order valence-corrected chi connectivity index (χ3v) is 4.28. The van der Waals surface area contributed by atoms with E-state index in [1.165, 1.54) is 37.4 Å². The SMILES string of the molecule is CNC(=O)c1ccc(CS(=O)(=O)Cc2ccccc2F)o1. The van der Waals surface area contributed by atoms with Crippen molar-refractivity contribution in [3.05, 3.63) is 59.3 Å². The summed E-state index contributed by atoms with van der Waals surface area (Å²) in [5.74, 6) is -1.63. The Labute approximate surface area is 121 Å². The van der Waals surface area contributed by atoms with Crippen molar-refractivity contribution in [1.29, 1.82) is 0 Å². The van der Waals surface area contributed by atoms with Crippen LogP contribution in [-0.2, 0) is 21.3 Å². The molecule has 1 heterocycles. The lowest BCUT2D eigenvalue weighted by Crippen LogP contribution is -2.16. The molecule has 0 saturated heterocycles. The Morgan fingerprint density at radius 2 is 1.90 bits per heavy atom. The van der Waals surface area contributed by atoms with Gasteiger partial charge in [0.2, 0.25) is 0 Å². The first-order chi connectivity index (χ1) is 9.91. The lowest BCUT2D eigenvalue weighted by atomic mass is 10.2. The minimum Gasteiger partial charge on any atom is -0.455 e. The van der Waals surface area contributed by atoms with Gasteiger partial charge in [0.25, 0.3) is 5.91 Å². The van der Waals surface area contributed by atoms with E-state index in [9.17, 15) is 17.6 Å². The maximum absolute atomic E-state index is 13.5. The van der Waals surface area contributed by atoms with E-state index in [1.54, 1.807) is 6.07 Å². The molecular weight excluding hydrogens is 297 g/mol. The van der Waals surface area contributed by atoms with Crippen molar-refractivity contribution in [2.24, 2.45) is 0 Å². The molecule has 2 aromatic rings. The van der Waals surface area contributed by atoms with Gasteiger partial charge in [0.05, 0.1) is 5.75 Å². The van der Waals surface area contributed by atoms with Crippen LogP contribution in [0.4, 0.5) is 4.39 Å². The summed E-state index contributed by atoms with van der Waals surface area (Å²) in [6.45, 7) is 0. The van der Waals surface area contributed by atoms with Gasteiger partial charge in [0.15, 0.2) is 15.6 Å². The highest BCUT2D eigenvalue weighted by atomic mass is 32.2. The van der Waals surface area contributed by atoms with E-state index in [-0.39, 0.29) is 17.1 Å². The van der Waals surface area contributed by atoms with Crippen LogP contribution >= 0.6 is 0 Å². The van der Waals surface area contributed by atoms with Crippen molar-refractivity contribution in [1.82, 2.24) is 5.32 Å². The molecule has 2 rings (SSSR count). The predicted octanol–water partition coefficient (Wildman–Crippen LogP) is 1.89. The van der Waals surface area contributed by atoms with Crippen molar-refractivity contribution in [2.75, 3.05) is 7.05 Å². The summed E-state index contributed by atoms with van der Waals surface area (Å²) < 4.78 is 42.7. The predicted molar refractivity (Wildman–Crippen MR) is 74.8 cm³/mol. The van der Waals surface area contributed by atoms with Crippen LogP contribution in [0.3, 0.4) is 0 Å². The van der Waals surface area contributed by atoms with Gasteiger partial charge in [-0.25, -0.2) is 12.8 Å². The standard InChI is InChI=1S/C14H14FNO4S/c1-16-14(17)13-7-6-11(20-13)9-21(18,19)8-10-4-2-3-5-12(10)15/h2-7H,8-9H2,1H3,(H,16,17). The summed E-state index contributed by atoms with van der Waals surface area (Å²) >= 11 is 0. The van der Waals surface area contributed by atoms with Crippen LogP contribution in [0.25, 0.3) is 0 Å². The van der Waals surface area contributed by atoms with Gasteiger partial charge in [-0.3, -0.25) is 4.79 Å². The molecular formula is C14H14FNO4S. The van der Waals surface area contributed by atoms with Crippen molar-refractivity contribution < 1.29 is 22.0 Å². The lowest BCUT2D eigenvalue weighted by molar-refractivity contribution is 0.0934. The van der Waals surface area contributed by atoms with Gasteiger partial charge in [-0.1, -0.05) is 18.2 Å². The van der Waals surface area contributed by atoms with E-state index in [0.29, 0.717) is 0 Å². The molecule has 5 nitrogen and oxygen atoms in total. The number of carbonyl (C=O) groups is 1. The Morgan fingerprint density at radius 1 is 1.19 bits per heavy atom. The number of carbonyl (C=O) groups excluding carboxylic acids is 1. The van der Waals surface area contributed by atoms with Crippen molar-refractivity contribution in [3.8, 4) is 0 Å². The molecule has 0 aliphatic heterocycles. The van der Waals surface area contributed by atoms with E-state index in [1.807, 2.05) is 0 Å². The summed E-state index contributed by atoms with van der Waals surface area (Å²) in [7, 11) is -2.15. The second kappa shape index (κ2) is 6.09. The molecule has 1 aromatic heterocycles. The molecule has 0 unspecified atom stereocenters. The Hall–Kier alpha value is -2.15. The summed E-state index contributed by atoms with van der Waals surface area (Å²) in [6.07, 6.45) is 0. The molecule has 7 heteroatoms. The number of hydrogen-bond donors (Lipinski definition) is 1. The topological polar surface area (TPSA) is 76.4 Å². The summed E-state index contributed by atoms with van der Waals surface area (Å²) in [5.41, 5.74) is 0.107. The highest BCUT2D eigenvalue weighted by Crippen LogP contribution is 2.16. The van der Waals surface area contributed by atoms with Crippen LogP contribution in [0, 0.1) is 5.82 Å². The van der Waals surface area contributed by atoms with E-state index < -0.39 is 33.1 Å². The Kier molecular flexibility index (Phi) is 4.42. The van der Waals surface area contributed by atoms with E-state index in [4.69, 9.17) is 4.42 Å². The molecule has 0 fully saturated rings. The fourth-order valence-corrected chi connectivity index (χ4v) is 3.22. The third kappa shape index (κ3) is 3.91. The monoisotopic (exact) mass is 311 g/mol. The maximum atomic E-state index is 13.5. The zero-order valence-electron chi connectivity index (χ0n) is 11.3. The highest BCUT2D eigenvalue weighted by molar-refractivity contribution is 7.89. The van der Waals surface area contributed by atoms with Crippen molar-refractivity contribution in [2.45, 2.75) is 11.5 Å². The minimum absolute atomic E-state index is 0.0357. The number of amides is 1. The van der Waals surface area contributed by atoms with Gasteiger partial charge in [-0.15, -0.1) is 0 Å². The van der Waals surface area contributed by atoms with Gasteiger partial charge in [-0.05, 0) is 18.2 Å². The van der Waals surface area contributed by atoms with E-state index >= 15 is 0 Å². The largest absolute Gasteiger partial charge is 0.455 e. The number of sulfone groups is 1. The molecule has 1 amide bonds.